The molecule has 4 heterocycles. The van der Waals surface area contributed by atoms with Gasteiger partial charge in [-0.05, 0) is 82.4 Å². The summed E-state index contributed by atoms with van der Waals surface area (Å²) in [6.07, 6.45) is 9.59. The van der Waals surface area contributed by atoms with Crippen LogP contribution in [-0.2, 0) is 36.4 Å². The molecule has 59 heavy (non-hydrogen) atoms. The molecule has 0 unspecified atom stereocenters. The van der Waals surface area contributed by atoms with Crippen LogP contribution in [0.15, 0.2) is 30.4 Å². The lowest BCUT2D eigenvalue weighted by Gasteiger charge is -2.41. The van der Waals surface area contributed by atoms with Crippen LogP contribution in [0, 0.1) is 5.92 Å². The third kappa shape index (κ3) is 8.07. The van der Waals surface area contributed by atoms with E-state index in [1.165, 1.54) is 18.1 Å². The predicted octanol–water partition coefficient (Wildman–Crippen LogP) is 6.35. The first-order valence-electron chi connectivity index (χ1n) is 21.2. The number of fused-ring (bicyclic) bond motifs is 5. The van der Waals surface area contributed by atoms with E-state index in [0.717, 1.165) is 38.5 Å². The van der Waals surface area contributed by atoms with Crippen molar-refractivity contribution in [1.29, 1.82) is 0 Å². The molecule has 2 aromatic rings. The summed E-state index contributed by atoms with van der Waals surface area (Å²) in [5.74, 6) is -5.92. The van der Waals surface area contributed by atoms with E-state index in [1.54, 1.807) is 12.1 Å². The van der Waals surface area contributed by atoms with Gasteiger partial charge in [0.15, 0.2) is 5.75 Å². The summed E-state index contributed by atoms with van der Waals surface area (Å²) in [6, 6.07) is 2.32. The van der Waals surface area contributed by atoms with Crippen molar-refractivity contribution >= 4 is 46.1 Å². The summed E-state index contributed by atoms with van der Waals surface area (Å²) in [4.78, 5) is 62.9. The largest absolute Gasteiger partial charge is 0.593 e. The maximum Gasteiger partial charge on any atom is 0.408 e. The van der Waals surface area contributed by atoms with Gasteiger partial charge in [0, 0.05) is 30.6 Å². The molecule has 3 aliphatic carbocycles. The highest BCUT2D eigenvalue weighted by Crippen LogP contribution is 2.55. The summed E-state index contributed by atoms with van der Waals surface area (Å²) in [5, 5.41) is 5.87. The number of nitrogens with one attached hydrogen (secondary N) is 3. The monoisotopic (exact) mass is 839 g/mol. The Balaban J connectivity index is 1.17. The van der Waals surface area contributed by atoms with Crippen molar-refractivity contribution in [2.75, 3.05) is 13.7 Å². The molecule has 3 aliphatic heterocycles. The minimum Gasteiger partial charge on any atom is -0.593 e. The summed E-state index contributed by atoms with van der Waals surface area (Å²) >= 11 is -1.69. The molecule has 6 atom stereocenters. The summed E-state index contributed by atoms with van der Waals surface area (Å²) in [5.41, 5.74) is -2.88. The van der Waals surface area contributed by atoms with Gasteiger partial charge in [-0.25, -0.2) is 18.6 Å². The second-order valence-corrected chi connectivity index (χ2v) is 19.8. The average Bonchev–Trinajstić information content (AvgIpc) is 3.98. The number of amides is 4. The molecule has 8 rings (SSSR count). The number of hydrogen-bond donors (Lipinski definition) is 3. The fraction of sp³-hybridized carbons (Fsp3) is 0.651. The quantitative estimate of drug-likeness (QED) is 0.213. The Labute approximate surface area is 346 Å². The number of carbonyl (C=O) groups excluding carboxylic acids is 4. The number of hydrogen-bond acceptors (Lipinski definition) is 9. The number of nitrogens with zero attached hydrogens (tertiary/aromatic N) is 2. The molecule has 0 bridgehead atoms. The number of alkyl carbamates (subject to hydrolysis) is 1. The predicted molar refractivity (Wildman–Crippen MR) is 215 cm³/mol. The Morgan fingerprint density at radius 3 is 2.54 bits per heavy atom. The summed E-state index contributed by atoms with van der Waals surface area (Å²) < 4.78 is 67.3. The third-order valence-electron chi connectivity index (χ3n) is 13.2. The highest BCUT2D eigenvalue weighted by molar-refractivity contribution is 7.91. The lowest BCUT2D eigenvalue weighted by atomic mass is 9.83. The highest BCUT2D eigenvalue weighted by Gasteiger charge is 2.65. The lowest BCUT2D eigenvalue weighted by molar-refractivity contribution is -0.141. The average molecular weight is 840 g/mol. The van der Waals surface area contributed by atoms with Crippen molar-refractivity contribution in [3.05, 3.63) is 41.6 Å². The molecule has 1 spiro atoms. The maximum absolute atomic E-state index is 17.1. The fourth-order valence-corrected chi connectivity index (χ4v) is 10.4. The Kier molecular flexibility index (Phi) is 11.1. The molecule has 1 aromatic heterocycles. The number of methoxy groups -OCH3 is 1. The van der Waals surface area contributed by atoms with Gasteiger partial charge >= 0.3 is 6.09 Å². The first-order chi connectivity index (χ1) is 28.1. The molecule has 13 nitrogen and oxygen atoms in total. The van der Waals surface area contributed by atoms with E-state index in [9.17, 15) is 23.7 Å². The molecule has 1 aromatic carbocycles. The maximum atomic E-state index is 17.1. The minimum atomic E-state index is -3.50. The Hall–Kier alpha value is -4.18. The zero-order chi connectivity index (χ0) is 41.9. The number of pyridine rings is 1. The van der Waals surface area contributed by atoms with Crippen LogP contribution in [-0.4, -0.2) is 86.0 Å². The van der Waals surface area contributed by atoms with Crippen LogP contribution in [0.3, 0.4) is 0 Å². The van der Waals surface area contributed by atoms with E-state index in [0.29, 0.717) is 42.6 Å². The number of carbonyl (C=O) groups is 4. The van der Waals surface area contributed by atoms with E-state index in [1.807, 2.05) is 32.9 Å². The van der Waals surface area contributed by atoms with Crippen LogP contribution >= 0.6 is 0 Å². The number of ether oxygens (including phenoxy) is 3. The Bertz CT molecular complexity index is 2040. The number of halogens is 2. The zero-order valence-electron chi connectivity index (χ0n) is 34.2. The molecule has 6 aliphatic rings. The summed E-state index contributed by atoms with van der Waals surface area (Å²) in [6.45, 7) is 5.10. The SMILES string of the molecule is COc1ccc2nc(C(C)C)c3c(c2c1)C(F)(F)C[C@]1(C[C@H]2C(=O)N[C@]4(C(=O)N[S@+]([O-])C5(C)CC5)C[C@H]4/C=C\CCCCC[C@H](NC(=O)OC4CCCC4)C(=O)N2C1)O3. The van der Waals surface area contributed by atoms with Crippen LogP contribution in [0.4, 0.5) is 13.6 Å². The Morgan fingerprint density at radius 1 is 1.08 bits per heavy atom. The van der Waals surface area contributed by atoms with Crippen molar-refractivity contribution in [2.24, 2.45) is 5.92 Å². The molecular formula is C43H55F2N5O8S. The second-order valence-electron chi connectivity index (χ2n) is 18.1. The molecule has 320 valence electrons. The van der Waals surface area contributed by atoms with E-state index in [-0.39, 0.29) is 48.0 Å². The normalized spacial score (nSPS) is 31.1. The van der Waals surface area contributed by atoms with Crippen LogP contribution in [0.1, 0.15) is 128 Å². The van der Waals surface area contributed by atoms with Gasteiger partial charge in [0.1, 0.15) is 39.8 Å². The van der Waals surface area contributed by atoms with E-state index < -0.39 is 88.0 Å². The van der Waals surface area contributed by atoms with Crippen LogP contribution < -0.4 is 24.8 Å². The van der Waals surface area contributed by atoms with Gasteiger partial charge in [-0.3, -0.25) is 14.4 Å². The smallest absolute Gasteiger partial charge is 0.408 e. The fourth-order valence-electron chi connectivity index (χ4n) is 9.37. The molecule has 16 heteroatoms. The number of allylic oxidation sites excluding steroid dienone is 1. The topological polar surface area (TPSA) is 171 Å². The first kappa shape index (κ1) is 41.5. The lowest BCUT2D eigenvalue weighted by Crippen LogP contribution is -2.58. The van der Waals surface area contributed by atoms with Crippen molar-refractivity contribution in [2.45, 2.75) is 157 Å². The minimum absolute atomic E-state index is 0.0956. The highest BCUT2D eigenvalue weighted by atomic mass is 32.2. The van der Waals surface area contributed by atoms with Gasteiger partial charge < -0.3 is 34.3 Å². The van der Waals surface area contributed by atoms with Gasteiger partial charge in [0.25, 0.3) is 11.8 Å². The molecule has 3 N–H and O–H groups in total. The third-order valence-corrected chi connectivity index (χ3v) is 14.9. The number of alkyl halides is 2. The van der Waals surface area contributed by atoms with E-state index in [2.05, 4.69) is 15.4 Å². The van der Waals surface area contributed by atoms with Crippen molar-refractivity contribution in [3.8, 4) is 11.5 Å². The van der Waals surface area contributed by atoms with E-state index >= 15 is 8.78 Å². The van der Waals surface area contributed by atoms with Gasteiger partial charge in [0.05, 0.1) is 48.2 Å². The molecule has 4 fully saturated rings. The van der Waals surface area contributed by atoms with Crippen LogP contribution in [0.2, 0.25) is 0 Å². The zero-order valence-corrected chi connectivity index (χ0v) is 35.0. The van der Waals surface area contributed by atoms with Crippen LogP contribution in [0.25, 0.3) is 10.9 Å². The van der Waals surface area contributed by atoms with Crippen molar-refractivity contribution in [3.63, 3.8) is 0 Å². The van der Waals surface area contributed by atoms with E-state index in [4.69, 9.17) is 19.2 Å². The van der Waals surface area contributed by atoms with Gasteiger partial charge in [-0.1, -0.05) is 38.8 Å². The van der Waals surface area contributed by atoms with Gasteiger partial charge in [0.2, 0.25) is 11.8 Å². The van der Waals surface area contributed by atoms with Crippen molar-refractivity contribution < 1.29 is 46.7 Å². The standard InChI is InChI=1S/C43H55F2N5O8S/c1-25(2)34-35-33(29-20-28(56-4)16-17-30(29)46-34)43(44,45)23-41(58-35)22-32-36(51)48-42(38(53)49-59(55)40(3)18-19-40)21-26(42)12-8-6-5-7-9-15-31(37(52)50(32)24-41)47-39(54)57-27-13-10-11-14-27/h8,12,16-17,20,25-27,31-32H,5-7,9-11,13-15,18-19,21-24H2,1-4H3,(H,47,54)(H,48,51)(H,49,53)/b12-8-/t26-,31+,32+,41+,42-,59-/m1/s1. The molecule has 3 saturated carbocycles. The first-order valence-corrected chi connectivity index (χ1v) is 22.3. The Morgan fingerprint density at radius 2 is 1.83 bits per heavy atom. The number of aromatic nitrogens is 1. The van der Waals surface area contributed by atoms with Gasteiger partial charge in [-0.15, -0.1) is 0 Å². The summed E-state index contributed by atoms with van der Waals surface area (Å²) in [7, 11) is 1.45. The second kappa shape index (κ2) is 15.7. The van der Waals surface area contributed by atoms with Crippen LogP contribution in [0.5, 0.6) is 11.5 Å². The molecule has 4 amide bonds. The molecular weight excluding hydrogens is 785 g/mol. The van der Waals surface area contributed by atoms with Gasteiger partial charge in [-0.2, -0.15) is 4.72 Å². The van der Waals surface area contributed by atoms with Crippen molar-refractivity contribution in [1.82, 2.24) is 25.2 Å². The molecule has 0 radical (unpaired) electrons. The molecule has 1 saturated heterocycles. The number of rotatable bonds is 7. The number of benzene rings is 1.